The van der Waals surface area contributed by atoms with E-state index in [1.807, 2.05) is 54.6 Å². The van der Waals surface area contributed by atoms with Crippen molar-refractivity contribution in [3.05, 3.63) is 84.5 Å². The van der Waals surface area contributed by atoms with Gasteiger partial charge in [-0.1, -0.05) is 23.5 Å². The van der Waals surface area contributed by atoms with Gasteiger partial charge in [0, 0.05) is 24.5 Å². The van der Waals surface area contributed by atoms with Crippen molar-refractivity contribution in [2.24, 2.45) is 0 Å². The zero-order valence-electron chi connectivity index (χ0n) is 16.9. The lowest BCUT2D eigenvalue weighted by Gasteiger charge is -2.17. The number of ether oxygens (including phenoxy) is 2. The van der Waals surface area contributed by atoms with Crippen LogP contribution in [-0.4, -0.2) is 22.1 Å². The Morgan fingerprint density at radius 2 is 1.81 bits per heavy atom. The van der Waals surface area contributed by atoms with Gasteiger partial charge in [0.05, 0.1) is 22.9 Å². The largest absolute Gasteiger partial charge is 0.494 e. The normalized spacial score (nSPS) is 13.5. The Kier molecular flexibility index (Phi) is 5.33. The van der Waals surface area contributed by atoms with Crippen molar-refractivity contribution in [1.82, 2.24) is 15.0 Å². The number of hydrogen-bond donors (Lipinski definition) is 1. The van der Waals surface area contributed by atoms with E-state index in [1.54, 1.807) is 30.8 Å². The highest BCUT2D eigenvalue weighted by molar-refractivity contribution is 7.22. The molecule has 0 bridgehead atoms. The fourth-order valence-electron chi connectivity index (χ4n) is 3.40. The third-order valence-electron chi connectivity index (χ3n) is 4.92. The number of nitrogens with one attached hydrogen (secondary N) is 1. The predicted molar refractivity (Wildman–Crippen MR) is 123 cm³/mol. The van der Waals surface area contributed by atoms with E-state index in [2.05, 4.69) is 26.3 Å². The maximum absolute atomic E-state index is 6.16. The third-order valence-corrected chi connectivity index (χ3v) is 5.87. The van der Waals surface area contributed by atoms with E-state index in [0.717, 1.165) is 40.5 Å². The highest BCUT2D eigenvalue weighted by Crippen LogP contribution is 2.35. The van der Waals surface area contributed by atoms with Gasteiger partial charge in [-0.15, -0.1) is 0 Å². The predicted octanol–water partition coefficient (Wildman–Crippen LogP) is 5.81. The van der Waals surface area contributed by atoms with Gasteiger partial charge >= 0.3 is 0 Å². The summed E-state index contributed by atoms with van der Waals surface area (Å²) in [5.74, 6) is 2.05. The van der Waals surface area contributed by atoms with Crippen molar-refractivity contribution < 1.29 is 9.47 Å². The molecule has 7 heteroatoms. The second-order valence-corrected chi connectivity index (χ2v) is 7.98. The molecular formula is C24H20N4O2S. The molecule has 5 rings (SSSR count). The van der Waals surface area contributed by atoms with E-state index in [9.17, 15) is 0 Å². The number of fused-ring (bicyclic) bond motifs is 1. The van der Waals surface area contributed by atoms with Crippen LogP contribution in [0.5, 0.6) is 11.6 Å². The van der Waals surface area contributed by atoms with Gasteiger partial charge in [-0.25, -0.2) is 9.97 Å². The topological polar surface area (TPSA) is 69.2 Å². The monoisotopic (exact) mass is 428 g/mol. The van der Waals surface area contributed by atoms with Gasteiger partial charge in [-0.05, 0) is 55.0 Å². The Labute approximate surface area is 183 Å². The number of para-hydroxylation sites is 1. The van der Waals surface area contributed by atoms with E-state index in [4.69, 9.17) is 9.47 Å². The van der Waals surface area contributed by atoms with Crippen molar-refractivity contribution in [3.63, 3.8) is 0 Å². The summed E-state index contributed by atoms with van der Waals surface area (Å²) in [4.78, 5) is 13.5. The van der Waals surface area contributed by atoms with Gasteiger partial charge in [0.2, 0.25) is 5.88 Å². The zero-order chi connectivity index (χ0) is 21.0. The Morgan fingerprint density at radius 3 is 2.65 bits per heavy atom. The Morgan fingerprint density at radius 1 is 0.935 bits per heavy atom. The molecule has 0 unspecified atom stereocenters. The molecule has 0 atom stereocenters. The van der Waals surface area contributed by atoms with Crippen LogP contribution in [0.3, 0.4) is 0 Å². The molecule has 3 heterocycles. The van der Waals surface area contributed by atoms with E-state index in [0.29, 0.717) is 17.3 Å². The maximum atomic E-state index is 6.16. The summed E-state index contributed by atoms with van der Waals surface area (Å²) in [5.41, 5.74) is 3.62. The minimum atomic E-state index is 0.515. The van der Waals surface area contributed by atoms with Crippen LogP contribution in [0.4, 0.5) is 5.13 Å². The van der Waals surface area contributed by atoms with Crippen LogP contribution in [0.2, 0.25) is 0 Å². The van der Waals surface area contributed by atoms with Gasteiger partial charge in [-0.3, -0.25) is 4.98 Å². The van der Waals surface area contributed by atoms with Crippen LogP contribution < -0.4 is 14.8 Å². The molecule has 0 aliphatic heterocycles. The summed E-state index contributed by atoms with van der Waals surface area (Å²) in [6, 6.07) is 15.7. The fraction of sp³-hybridized carbons (Fsp3) is 0.125. The van der Waals surface area contributed by atoms with Crippen molar-refractivity contribution in [3.8, 4) is 22.9 Å². The second-order valence-electron chi connectivity index (χ2n) is 6.95. The number of aromatic nitrogens is 3. The van der Waals surface area contributed by atoms with Crippen molar-refractivity contribution in [2.45, 2.75) is 12.8 Å². The molecule has 4 aromatic rings. The molecular weight excluding hydrogens is 408 g/mol. The molecule has 0 saturated carbocycles. The molecule has 31 heavy (non-hydrogen) atoms. The van der Waals surface area contributed by atoms with Crippen LogP contribution in [-0.2, 0) is 0 Å². The molecule has 1 aliphatic rings. The number of rotatable bonds is 6. The summed E-state index contributed by atoms with van der Waals surface area (Å²) in [5, 5.41) is 4.34. The average molecular weight is 429 g/mol. The number of anilines is 1. The molecule has 0 saturated heterocycles. The molecule has 0 fully saturated rings. The number of benzene rings is 1. The lowest BCUT2D eigenvalue weighted by Crippen LogP contribution is -2.07. The Bertz CT molecular complexity index is 1260. The summed E-state index contributed by atoms with van der Waals surface area (Å²) in [6.07, 6.45) is 9.06. The number of thiazole rings is 1. The van der Waals surface area contributed by atoms with E-state index >= 15 is 0 Å². The molecule has 154 valence electrons. The summed E-state index contributed by atoms with van der Waals surface area (Å²) < 4.78 is 12.8. The standard InChI is InChI=1S/C24H20N4O2S/c1-29-20-8-5-14-25-22(20)18-6-4-15-26-23(18)30-17-12-10-16(11-13-17)27-24-28-19-7-2-3-9-21(19)31-24/h2-10,12,14-15H,11,13H2,1H3,(H,27,28). The summed E-state index contributed by atoms with van der Waals surface area (Å²) in [6.45, 7) is 0. The van der Waals surface area contributed by atoms with Gasteiger partial charge in [0.1, 0.15) is 17.2 Å². The number of pyridine rings is 2. The molecule has 0 radical (unpaired) electrons. The minimum Gasteiger partial charge on any atom is -0.494 e. The zero-order valence-corrected chi connectivity index (χ0v) is 17.7. The first kappa shape index (κ1) is 19.3. The van der Waals surface area contributed by atoms with Crippen molar-refractivity contribution in [1.29, 1.82) is 0 Å². The summed E-state index contributed by atoms with van der Waals surface area (Å²) >= 11 is 1.65. The average Bonchev–Trinajstić information content (AvgIpc) is 3.23. The van der Waals surface area contributed by atoms with Crippen molar-refractivity contribution in [2.75, 3.05) is 12.4 Å². The lowest BCUT2D eigenvalue weighted by atomic mass is 10.1. The Balaban J connectivity index is 1.35. The molecule has 1 aliphatic carbocycles. The third kappa shape index (κ3) is 4.13. The number of hydrogen-bond acceptors (Lipinski definition) is 7. The quantitative estimate of drug-likeness (QED) is 0.418. The summed E-state index contributed by atoms with van der Waals surface area (Å²) in [7, 11) is 1.63. The SMILES string of the molecule is COc1cccnc1-c1cccnc1OC1=CC=C(Nc2nc3ccccc3s2)CC1. The highest BCUT2D eigenvalue weighted by atomic mass is 32.1. The smallest absolute Gasteiger partial charge is 0.228 e. The lowest BCUT2D eigenvalue weighted by molar-refractivity contribution is 0.386. The van der Waals surface area contributed by atoms with E-state index < -0.39 is 0 Å². The highest BCUT2D eigenvalue weighted by Gasteiger charge is 2.16. The molecule has 0 spiro atoms. The van der Waals surface area contributed by atoms with Crippen LogP contribution in [0.25, 0.3) is 21.5 Å². The first-order valence-corrected chi connectivity index (χ1v) is 10.8. The molecule has 0 amide bonds. The van der Waals surface area contributed by atoms with E-state index in [-0.39, 0.29) is 0 Å². The molecule has 3 aromatic heterocycles. The minimum absolute atomic E-state index is 0.515. The van der Waals surface area contributed by atoms with Gasteiger partial charge < -0.3 is 14.8 Å². The first-order chi connectivity index (χ1) is 15.3. The van der Waals surface area contributed by atoms with E-state index in [1.165, 1.54) is 4.70 Å². The molecule has 6 nitrogen and oxygen atoms in total. The van der Waals surface area contributed by atoms with Crippen LogP contribution in [0.1, 0.15) is 12.8 Å². The van der Waals surface area contributed by atoms with Crippen LogP contribution >= 0.6 is 11.3 Å². The Hall–Kier alpha value is -3.71. The number of methoxy groups -OCH3 is 1. The van der Waals surface area contributed by atoms with Gasteiger partial charge in [0.25, 0.3) is 0 Å². The number of nitrogens with zero attached hydrogens (tertiary/aromatic N) is 3. The van der Waals surface area contributed by atoms with Crippen molar-refractivity contribution >= 4 is 26.7 Å². The molecule has 1 aromatic carbocycles. The second kappa shape index (κ2) is 8.57. The van der Waals surface area contributed by atoms with Crippen LogP contribution in [0.15, 0.2) is 84.5 Å². The number of allylic oxidation sites excluding steroid dienone is 4. The maximum Gasteiger partial charge on any atom is 0.228 e. The van der Waals surface area contributed by atoms with Gasteiger partial charge in [-0.2, -0.15) is 0 Å². The fourth-order valence-corrected chi connectivity index (χ4v) is 4.30. The molecule has 1 N–H and O–H groups in total. The van der Waals surface area contributed by atoms with Crippen LogP contribution in [0, 0.1) is 0 Å². The first-order valence-electron chi connectivity index (χ1n) is 9.95. The van der Waals surface area contributed by atoms with Gasteiger partial charge in [0.15, 0.2) is 5.13 Å².